The monoisotopic (exact) mass is 394 g/mol. The Kier molecular flexibility index (Phi) is 6.61. The summed E-state index contributed by atoms with van der Waals surface area (Å²) in [5.41, 5.74) is 1.35. The molecule has 1 aliphatic heterocycles. The Hall–Kier alpha value is -1.95. The first-order valence-corrected chi connectivity index (χ1v) is 9.19. The van der Waals surface area contributed by atoms with Gasteiger partial charge in [-0.3, -0.25) is 4.79 Å². The van der Waals surface area contributed by atoms with E-state index in [9.17, 15) is 4.79 Å². The summed E-state index contributed by atoms with van der Waals surface area (Å²) in [4.78, 5) is 12.0. The van der Waals surface area contributed by atoms with Gasteiger partial charge in [0.25, 0.3) is 0 Å². The van der Waals surface area contributed by atoms with Gasteiger partial charge in [0.05, 0.1) is 23.4 Å². The quantitative estimate of drug-likeness (QED) is 0.719. The third-order valence-corrected chi connectivity index (χ3v) is 4.52. The Labute approximate surface area is 162 Å². The molecule has 1 unspecified atom stereocenters. The molecule has 0 spiro atoms. The summed E-state index contributed by atoms with van der Waals surface area (Å²) in [5, 5.41) is 6.72. The molecular weight excluding hydrogens is 375 g/mol. The van der Waals surface area contributed by atoms with E-state index in [1.54, 1.807) is 18.2 Å². The number of anilines is 2. The maximum absolute atomic E-state index is 12.0. The van der Waals surface area contributed by atoms with E-state index in [2.05, 4.69) is 10.6 Å². The van der Waals surface area contributed by atoms with Gasteiger partial charge in [-0.15, -0.1) is 0 Å². The second-order valence-electron chi connectivity index (χ2n) is 6.00. The van der Waals surface area contributed by atoms with Gasteiger partial charge < -0.3 is 20.1 Å². The van der Waals surface area contributed by atoms with Crippen molar-refractivity contribution >= 4 is 40.5 Å². The molecule has 0 saturated carbocycles. The summed E-state index contributed by atoms with van der Waals surface area (Å²) in [7, 11) is 0. The van der Waals surface area contributed by atoms with Gasteiger partial charge in [-0.2, -0.15) is 0 Å². The lowest BCUT2D eigenvalue weighted by Gasteiger charge is -2.12. The van der Waals surface area contributed by atoms with Crippen molar-refractivity contribution < 1.29 is 14.3 Å². The SMILES string of the molecule is O=C(CNc1ccc(OCC2CCCO2)cc1)Nc1ccc(Cl)cc1Cl. The molecule has 7 heteroatoms. The van der Waals surface area contributed by atoms with Crippen molar-refractivity contribution in [2.45, 2.75) is 18.9 Å². The number of benzene rings is 2. The van der Waals surface area contributed by atoms with Crippen LogP contribution in [0.3, 0.4) is 0 Å². The average Bonchev–Trinajstić information content (AvgIpc) is 3.15. The highest BCUT2D eigenvalue weighted by atomic mass is 35.5. The molecule has 26 heavy (non-hydrogen) atoms. The van der Waals surface area contributed by atoms with E-state index in [0.29, 0.717) is 22.3 Å². The molecule has 2 aromatic rings. The summed E-state index contributed by atoms with van der Waals surface area (Å²) in [6.45, 7) is 1.51. The third kappa shape index (κ3) is 5.53. The van der Waals surface area contributed by atoms with Gasteiger partial charge in [-0.1, -0.05) is 23.2 Å². The average molecular weight is 395 g/mol. The van der Waals surface area contributed by atoms with Gasteiger partial charge in [0, 0.05) is 17.3 Å². The van der Waals surface area contributed by atoms with Gasteiger partial charge >= 0.3 is 0 Å². The molecule has 1 atom stereocenters. The van der Waals surface area contributed by atoms with Crippen molar-refractivity contribution in [1.29, 1.82) is 0 Å². The van der Waals surface area contributed by atoms with Gasteiger partial charge in [0.1, 0.15) is 12.4 Å². The minimum absolute atomic E-state index is 0.120. The highest BCUT2D eigenvalue weighted by Crippen LogP contribution is 2.25. The molecule has 1 heterocycles. The smallest absolute Gasteiger partial charge is 0.243 e. The Morgan fingerprint density at radius 1 is 1.19 bits per heavy atom. The summed E-state index contributed by atoms with van der Waals surface area (Å²) in [5.74, 6) is 0.580. The summed E-state index contributed by atoms with van der Waals surface area (Å²) >= 11 is 11.9. The van der Waals surface area contributed by atoms with Crippen LogP contribution in [-0.2, 0) is 9.53 Å². The zero-order valence-corrected chi connectivity index (χ0v) is 15.6. The molecule has 2 aromatic carbocycles. The number of ether oxygens (including phenoxy) is 2. The van der Waals surface area contributed by atoms with E-state index < -0.39 is 0 Å². The summed E-state index contributed by atoms with van der Waals surface area (Å²) in [6, 6.07) is 12.4. The largest absolute Gasteiger partial charge is 0.491 e. The number of carbonyl (C=O) groups excluding carboxylic acids is 1. The standard InChI is InChI=1S/C19H20Cl2N2O3/c20-13-3-8-18(17(21)10-13)23-19(24)11-22-14-4-6-15(7-5-14)26-12-16-2-1-9-25-16/h3-8,10,16,22H,1-2,9,11-12H2,(H,23,24). The predicted molar refractivity (Wildman–Crippen MR) is 104 cm³/mol. The van der Waals surface area contributed by atoms with Crippen molar-refractivity contribution in [3.63, 3.8) is 0 Å². The second kappa shape index (κ2) is 9.12. The number of amides is 1. The highest BCUT2D eigenvalue weighted by molar-refractivity contribution is 6.36. The maximum Gasteiger partial charge on any atom is 0.243 e. The van der Waals surface area contributed by atoms with Crippen LogP contribution in [0.5, 0.6) is 5.75 Å². The first-order chi connectivity index (χ1) is 12.6. The van der Waals surface area contributed by atoms with Crippen molar-refractivity contribution in [2.75, 3.05) is 30.4 Å². The number of carbonyl (C=O) groups is 1. The van der Waals surface area contributed by atoms with Crippen molar-refractivity contribution in [1.82, 2.24) is 0 Å². The minimum Gasteiger partial charge on any atom is -0.491 e. The summed E-state index contributed by atoms with van der Waals surface area (Å²) in [6.07, 6.45) is 2.34. The van der Waals surface area contributed by atoms with E-state index in [0.717, 1.165) is 30.9 Å². The van der Waals surface area contributed by atoms with Gasteiger partial charge in [-0.25, -0.2) is 0 Å². The van der Waals surface area contributed by atoms with Gasteiger partial charge in [-0.05, 0) is 55.3 Å². The van der Waals surface area contributed by atoms with Crippen LogP contribution in [0.4, 0.5) is 11.4 Å². The van der Waals surface area contributed by atoms with Crippen molar-refractivity contribution in [2.24, 2.45) is 0 Å². The van der Waals surface area contributed by atoms with Crippen LogP contribution in [0.15, 0.2) is 42.5 Å². The predicted octanol–water partition coefficient (Wildman–Crippen LogP) is 4.60. The normalized spacial score (nSPS) is 16.3. The molecular formula is C19H20Cl2N2O3. The van der Waals surface area contributed by atoms with Crippen LogP contribution in [0.2, 0.25) is 10.0 Å². The fourth-order valence-corrected chi connectivity index (χ4v) is 3.06. The number of rotatable bonds is 7. The second-order valence-corrected chi connectivity index (χ2v) is 6.84. The van der Waals surface area contributed by atoms with E-state index in [-0.39, 0.29) is 18.6 Å². The number of hydrogen-bond acceptors (Lipinski definition) is 4. The molecule has 0 aliphatic carbocycles. The van der Waals surface area contributed by atoms with Gasteiger partial charge in [0.2, 0.25) is 5.91 Å². The zero-order chi connectivity index (χ0) is 18.4. The Balaban J connectivity index is 1.44. The molecule has 1 fully saturated rings. The molecule has 2 N–H and O–H groups in total. The number of hydrogen-bond donors (Lipinski definition) is 2. The first kappa shape index (κ1) is 18.8. The van der Waals surface area contributed by atoms with Gasteiger partial charge in [0.15, 0.2) is 0 Å². The topological polar surface area (TPSA) is 59.6 Å². The third-order valence-electron chi connectivity index (χ3n) is 3.97. The van der Waals surface area contributed by atoms with E-state index in [1.807, 2.05) is 24.3 Å². The van der Waals surface area contributed by atoms with Crippen LogP contribution in [-0.4, -0.2) is 31.8 Å². The van der Waals surface area contributed by atoms with E-state index in [4.69, 9.17) is 32.7 Å². The zero-order valence-electron chi connectivity index (χ0n) is 14.1. The fraction of sp³-hybridized carbons (Fsp3) is 0.316. The lowest BCUT2D eigenvalue weighted by molar-refractivity contribution is -0.114. The molecule has 1 saturated heterocycles. The van der Waals surface area contributed by atoms with Crippen LogP contribution in [0.25, 0.3) is 0 Å². The first-order valence-electron chi connectivity index (χ1n) is 8.43. The van der Waals surface area contributed by atoms with Crippen LogP contribution in [0, 0.1) is 0 Å². The van der Waals surface area contributed by atoms with Crippen LogP contribution < -0.4 is 15.4 Å². The lowest BCUT2D eigenvalue weighted by Crippen LogP contribution is -2.21. The lowest BCUT2D eigenvalue weighted by atomic mass is 10.2. The van der Waals surface area contributed by atoms with E-state index in [1.165, 1.54) is 0 Å². The summed E-state index contributed by atoms with van der Waals surface area (Å²) < 4.78 is 11.2. The van der Waals surface area contributed by atoms with E-state index >= 15 is 0 Å². The Bertz CT molecular complexity index is 747. The number of halogens is 2. The molecule has 5 nitrogen and oxygen atoms in total. The van der Waals surface area contributed by atoms with Crippen LogP contribution in [0.1, 0.15) is 12.8 Å². The molecule has 138 valence electrons. The fourth-order valence-electron chi connectivity index (χ4n) is 2.60. The molecule has 3 rings (SSSR count). The maximum atomic E-state index is 12.0. The minimum atomic E-state index is -0.201. The molecule has 1 aliphatic rings. The molecule has 0 aromatic heterocycles. The van der Waals surface area contributed by atoms with Crippen molar-refractivity contribution in [3.8, 4) is 5.75 Å². The van der Waals surface area contributed by atoms with Crippen LogP contribution >= 0.6 is 23.2 Å². The Morgan fingerprint density at radius 2 is 2.00 bits per heavy atom. The number of nitrogens with one attached hydrogen (secondary N) is 2. The highest BCUT2D eigenvalue weighted by Gasteiger charge is 2.15. The molecule has 1 amide bonds. The Morgan fingerprint density at radius 3 is 2.69 bits per heavy atom. The molecule has 0 bridgehead atoms. The molecule has 0 radical (unpaired) electrons. The van der Waals surface area contributed by atoms with Crippen molar-refractivity contribution in [3.05, 3.63) is 52.5 Å².